The van der Waals surface area contributed by atoms with Crippen LogP contribution < -0.4 is 5.73 Å². The van der Waals surface area contributed by atoms with Crippen LogP contribution in [-0.2, 0) is 0 Å². The lowest BCUT2D eigenvalue weighted by Crippen LogP contribution is -2.10. The Hall–Kier alpha value is -0.410. The average molecular weight is 246 g/mol. The Morgan fingerprint density at radius 2 is 2.23 bits per heavy atom. The number of rotatable bonds is 3. The minimum Gasteiger partial charge on any atom is -0.324 e. The van der Waals surface area contributed by atoms with Gasteiger partial charge in [-0.3, -0.25) is 4.39 Å². The Morgan fingerprint density at radius 3 is 2.77 bits per heavy atom. The molecule has 0 fully saturated rings. The molecule has 0 saturated carbocycles. The molecule has 13 heavy (non-hydrogen) atoms. The van der Waals surface area contributed by atoms with Gasteiger partial charge >= 0.3 is 0 Å². The van der Waals surface area contributed by atoms with E-state index in [2.05, 4.69) is 15.9 Å². The van der Waals surface area contributed by atoms with Gasteiger partial charge in [-0.2, -0.15) is 0 Å². The summed E-state index contributed by atoms with van der Waals surface area (Å²) in [4.78, 5) is 0. The first kappa shape index (κ1) is 10.7. The molecule has 0 radical (unpaired) electrons. The lowest BCUT2D eigenvalue weighted by Gasteiger charge is -2.10. The van der Waals surface area contributed by atoms with Gasteiger partial charge in [-0.1, -0.05) is 28.1 Å². The van der Waals surface area contributed by atoms with Crippen LogP contribution in [0.5, 0.6) is 0 Å². The van der Waals surface area contributed by atoms with Gasteiger partial charge < -0.3 is 5.73 Å². The number of alkyl halides is 1. The SMILES string of the molecule is Cc1ccc([C@H](N)CCF)cc1Br. The molecule has 2 N–H and O–H groups in total. The van der Waals surface area contributed by atoms with Crippen LogP contribution >= 0.6 is 15.9 Å². The second-order valence-electron chi connectivity index (χ2n) is 3.09. The third kappa shape index (κ3) is 2.78. The standard InChI is InChI=1S/C10H13BrFN/c1-7-2-3-8(6-9(7)11)10(13)4-5-12/h2-3,6,10H,4-5,13H2,1H3/t10-/m1/s1. The third-order valence-corrected chi connectivity index (χ3v) is 2.90. The van der Waals surface area contributed by atoms with E-state index in [-0.39, 0.29) is 12.7 Å². The Balaban J connectivity index is 2.84. The van der Waals surface area contributed by atoms with Crippen LogP contribution in [0.25, 0.3) is 0 Å². The van der Waals surface area contributed by atoms with Crippen molar-refractivity contribution in [3.63, 3.8) is 0 Å². The molecule has 0 aliphatic rings. The predicted molar refractivity (Wildman–Crippen MR) is 56.4 cm³/mol. The quantitative estimate of drug-likeness (QED) is 0.871. The van der Waals surface area contributed by atoms with E-state index in [0.717, 1.165) is 15.6 Å². The van der Waals surface area contributed by atoms with Gasteiger partial charge in [0.15, 0.2) is 0 Å². The van der Waals surface area contributed by atoms with Crippen molar-refractivity contribution >= 4 is 15.9 Å². The monoisotopic (exact) mass is 245 g/mol. The van der Waals surface area contributed by atoms with Crippen molar-refractivity contribution in [2.45, 2.75) is 19.4 Å². The summed E-state index contributed by atoms with van der Waals surface area (Å²) >= 11 is 3.42. The van der Waals surface area contributed by atoms with E-state index >= 15 is 0 Å². The van der Waals surface area contributed by atoms with Gasteiger partial charge in [-0.15, -0.1) is 0 Å². The van der Waals surface area contributed by atoms with Crippen LogP contribution in [0.1, 0.15) is 23.6 Å². The number of aryl methyl sites for hydroxylation is 1. The number of hydrogen-bond donors (Lipinski definition) is 1. The minimum atomic E-state index is -0.368. The topological polar surface area (TPSA) is 26.0 Å². The fourth-order valence-electron chi connectivity index (χ4n) is 1.12. The molecular weight excluding hydrogens is 233 g/mol. The first-order chi connectivity index (χ1) is 6.15. The van der Waals surface area contributed by atoms with Gasteiger partial charge in [0.05, 0.1) is 6.67 Å². The lowest BCUT2D eigenvalue weighted by atomic mass is 10.0. The summed E-state index contributed by atoms with van der Waals surface area (Å²) in [5.74, 6) is 0. The normalized spacial score (nSPS) is 12.9. The molecule has 1 aromatic carbocycles. The highest BCUT2D eigenvalue weighted by molar-refractivity contribution is 9.10. The maximum Gasteiger partial charge on any atom is 0.0912 e. The predicted octanol–water partition coefficient (Wildman–Crippen LogP) is 3.12. The van der Waals surface area contributed by atoms with Gasteiger partial charge in [-0.25, -0.2) is 0 Å². The van der Waals surface area contributed by atoms with Crippen molar-refractivity contribution in [1.82, 2.24) is 0 Å². The molecule has 0 heterocycles. The largest absolute Gasteiger partial charge is 0.324 e. The Bertz CT molecular complexity index is 288. The van der Waals surface area contributed by atoms with E-state index in [0.29, 0.717) is 6.42 Å². The van der Waals surface area contributed by atoms with Crippen molar-refractivity contribution in [2.24, 2.45) is 5.73 Å². The fourth-order valence-corrected chi connectivity index (χ4v) is 1.52. The molecule has 0 aliphatic heterocycles. The Kier molecular flexibility index (Phi) is 3.88. The van der Waals surface area contributed by atoms with E-state index in [1.807, 2.05) is 25.1 Å². The minimum absolute atomic E-state index is 0.193. The second kappa shape index (κ2) is 4.72. The molecule has 0 saturated heterocycles. The van der Waals surface area contributed by atoms with Crippen LogP contribution in [-0.4, -0.2) is 6.67 Å². The molecule has 0 bridgehead atoms. The molecule has 1 rings (SSSR count). The number of benzene rings is 1. The van der Waals surface area contributed by atoms with Gasteiger partial charge in [0.25, 0.3) is 0 Å². The molecule has 0 aliphatic carbocycles. The number of hydrogen-bond acceptors (Lipinski definition) is 1. The Labute approximate surface area is 86.3 Å². The van der Waals surface area contributed by atoms with E-state index in [1.165, 1.54) is 0 Å². The zero-order valence-corrected chi connectivity index (χ0v) is 9.14. The first-order valence-electron chi connectivity index (χ1n) is 4.22. The van der Waals surface area contributed by atoms with Crippen molar-refractivity contribution in [3.05, 3.63) is 33.8 Å². The maximum absolute atomic E-state index is 12.0. The number of halogens is 2. The maximum atomic E-state index is 12.0. The van der Waals surface area contributed by atoms with Crippen molar-refractivity contribution in [1.29, 1.82) is 0 Å². The van der Waals surface area contributed by atoms with Crippen molar-refractivity contribution in [2.75, 3.05) is 6.67 Å². The van der Waals surface area contributed by atoms with E-state index in [9.17, 15) is 4.39 Å². The summed E-state index contributed by atoms with van der Waals surface area (Å²) in [5.41, 5.74) is 7.91. The molecule has 3 heteroatoms. The van der Waals surface area contributed by atoms with Crippen LogP contribution in [0.2, 0.25) is 0 Å². The van der Waals surface area contributed by atoms with Gasteiger partial charge in [0, 0.05) is 10.5 Å². The van der Waals surface area contributed by atoms with Crippen molar-refractivity contribution < 1.29 is 4.39 Å². The summed E-state index contributed by atoms with van der Waals surface area (Å²) in [6.45, 7) is 1.64. The van der Waals surface area contributed by atoms with E-state index < -0.39 is 0 Å². The molecule has 1 nitrogen and oxygen atoms in total. The van der Waals surface area contributed by atoms with Crippen LogP contribution in [0.4, 0.5) is 4.39 Å². The summed E-state index contributed by atoms with van der Waals surface area (Å²) in [6, 6.07) is 5.69. The molecule has 1 aromatic rings. The molecule has 72 valence electrons. The highest BCUT2D eigenvalue weighted by Crippen LogP contribution is 2.22. The van der Waals surface area contributed by atoms with Crippen LogP contribution in [0.3, 0.4) is 0 Å². The first-order valence-corrected chi connectivity index (χ1v) is 5.02. The summed E-state index contributed by atoms with van der Waals surface area (Å²) in [6.07, 6.45) is 0.384. The molecule has 0 spiro atoms. The average Bonchev–Trinajstić information content (AvgIpc) is 2.10. The highest BCUT2D eigenvalue weighted by atomic mass is 79.9. The third-order valence-electron chi connectivity index (χ3n) is 2.04. The van der Waals surface area contributed by atoms with Gasteiger partial charge in [-0.05, 0) is 30.5 Å². The van der Waals surface area contributed by atoms with E-state index in [1.54, 1.807) is 0 Å². The van der Waals surface area contributed by atoms with Crippen LogP contribution in [0, 0.1) is 6.92 Å². The number of nitrogens with two attached hydrogens (primary N) is 1. The van der Waals surface area contributed by atoms with Gasteiger partial charge in [0.1, 0.15) is 0 Å². The summed E-state index contributed by atoms with van der Waals surface area (Å²) < 4.78 is 13.0. The summed E-state index contributed by atoms with van der Waals surface area (Å²) in [5, 5.41) is 0. The smallest absolute Gasteiger partial charge is 0.0912 e. The second-order valence-corrected chi connectivity index (χ2v) is 3.95. The van der Waals surface area contributed by atoms with E-state index in [4.69, 9.17) is 5.73 Å². The highest BCUT2D eigenvalue weighted by Gasteiger charge is 2.06. The lowest BCUT2D eigenvalue weighted by molar-refractivity contribution is 0.442. The molecular formula is C10H13BrFN. The molecule has 0 amide bonds. The molecule has 1 atom stereocenters. The summed E-state index contributed by atoms with van der Waals surface area (Å²) in [7, 11) is 0. The molecule has 0 aromatic heterocycles. The zero-order valence-electron chi connectivity index (χ0n) is 7.56. The van der Waals surface area contributed by atoms with Crippen LogP contribution in [0.15, 0.2) is 22.7 Å². The van der Waals surface area contributed by atoms with Crippen molar-refractivity contribution in [3.8, 4) is 0 Å². The fraction of sp³-hybridized carbons (Fsp3) is 0.400. The Morgan fingerprint density at radius 1 is 1.54 bits per heavy atom. The zero-order chi connectivity index (χ0) is 9.84. The van der Waals surface area contributed by atoms with Gasteiger partial charge in [0.2, 0.25) is 0 Å². The molecule has 0 unspecified atom stereocenters.